The average Bonchev–Trinajstić information content (AvgIpc) is 3.53. The van der Waals surface area contributed by atoms with E-state index in [-0.39, 0.29) is 58.4 Å². The lowest BCUT2D eigenvalue weighted by molar-refractivity contribution is 0.292. The lowest BCUT2D eigenvalue weighted by Crippen LogP contribution is -2.17. The molecule has 3 heterocycles. The fourth-order valence-corrected chi connectivity index (χ4v) is 10.7. The Kier molecular flexibility index (Phi) is 16.4. The number of phenols is 2. The maximum Gasteiger partial charge on any atom is 0.130 e. The summed E-state index contributed by atoms with van der Waals surface area (Å²) in [4.78, 5) is 14.1. The van der Waals surface area contributed by atoms with Crippen LogP contribution in [0.25, 0.3) is 0 Å². The van der Waals surface area contributed by atoms with Crippen molar-refractivity contribution >= 4 is 0 Å². The van der Waals surface area contributed by atoms with Crippen molar-refractivity contribution in [1.29, 1.82) is 0 Å². The molecule has 2 N–H and O–H groups in total. The lowest BCUT2D eigenvalue weighted by Gasteiger charge is -2.28. The predicted octanol–water partition coefficient (Wildman–Crippen LogP) is 16.8. The lowest BCUT2D eigenvalue weighted by atomic mass is 9.79. The minimum Gasteiger partial charge on any atom is -0.507 e. The number of pyridine rings is 3. The zero-order valence-corrected chi connectivity index (χ0v) is 50.8. The number of nitrogens with zero attached hydrogens (tertiary/aromatic N) is 3. The summed E-state index contributed by atoms with van der Waals surface area (Å²) in [5, 5.41) is 26.2. The maximum atomic E-state index is 13.1. The fourth-order valence-electron chi connectivity index (χ4n) is 10.7. The second-order valence-electron chi connectivity index (χ2n) is 27.6. The minimum absolute atomic E-state index is 0.232. The second-order valence-corrected chi connectivity index (χ2v) is 27.6. The van der Waals surface area contributed by atoms with E-state index in [0.717, 1.165) is 112 Å². The van der Waals surface area contributed by atoms with Crippen LogP contribution in [0.3, 0.4) is 0 Å². The molecule has 8 aromatic rings. The van der Waals surface area contributed by atoms with Gasteiger partial charge in [-0.2, -0.15) is 0 Å². The van der Waals surface area contributed by atoms with E-state index in [1.54, 1.807) is 18.6 Å². The van der Waals surface area contributed by atoms with Crippen LogP contribution in [-0.4, -0.2) is 25.2 Å². The van der Waals surface area contributed by atoms with Gasteiger partial charge in [-0.3, -0.25) is 15.0 Å². The highest BCUT2D eigenvalue weighted by molar-refractivity contribution is 5.60. The van der Waals surface area contributed by atoms with Crippen LogP contribution in [-0.2, 0) is 79.0 Å². The fraction of sp³-hybridized carbons (Fsp3) is 0.384. The van der Waals surface area contributed by atoms with E-state index in [9.17, 15) is 10.2 Å². The summed E-state index contributed by atoms with van der Waals surface area (Å²) in [6.45, 7) is 34.3. The number of hydrogen-bond donors (Lipinski definition) is 2. The summed E-state index contributed by atoms with van der Waals surface area (Å²) in [5.74, 6) is 2.68. The number of aromatic hydroxyl groups is 2. The first-order valence-electron chi connectivity index (χ1n) is 28.9. The molecule has 8 heteroatoms. The molecule has 0 unspecified atom stereocenters. The van der Waals surface area contributed by atoms with Crippen molar-refractivity contribution in [2.24, 2.45) is 0 Å². The van der Waals surface area contributed by atoms with Gasteiger partial charge in [0.05, 0.1) is 17.1 Å². The highest BCUT2D eigenvalue weighted by Crippen LogP contribution is 2.45. The highest BCUT2D eigenvalue weighted by atomic mass is 16.5. The van der Waals surface area contributed by atoms with Crippen LogP contribution in [0.1, 0.15) is 204 Å². The van der Waals surface area contributed by atoms with Gasteiger partial charge in [-0.15, -0.1) is 0 Å². The monoisotopic (exact) mass is 1080 g/mol. The molecule has 3 aromatic heterocycles. The Balaban J connectivity index is 1.40. The molecule has 1 aliphatic carbocycles. The van der Waals surface area contributed by atoms with Gasteiger partial charge in [-0.1, -0.05) is 183 Å². The van der Waals surface area contributed by atoms with Crippen LogP contribution in [0.15, 0.2) is 134 Å². The van der Waals surface area contributed by atoms with E-state index < -0.39 is 0 Å². The van der Waals surface area contributed by atoms with Crippen molar-refractivity contribution in [3.05, 3.63) is 234 Å². The third-order valence-electron chi connectivity index (χ3n) is 15.8. The standard InChI is InChI=1S/C73H85N3O5/c1-69(2,3)56-33-46-28-50-37-58(71(7,8)9)38-51(66(50)79-43-61-22-16-19-25-74-61)29-47-34-57(70(4,5)6)36-49(65(47)78)31-53-40-60(73(13,14)15)42-55(68(53)81-45-63-24-18-21-27-76-63)32-54-41-59(72(10,11)12)39-52(30-48(35-56)64(46)77)67(54)80-44-62-23-17-20-26-75-62/h16-27,33-42,77-78H,28-32,43-45H2,1-15H3. The largest absolute Gasteiger partial charge is 0.507 e. The van der Waals surface area contributed by atoms with Crippen molar-refractivity contribution in [3.8, 4) is 28.7 Å². The Morgan fingerprint density at radius 1 is 0.309 bits per heavy atom. The van der Waals surface area contributed by atoms with E-state index in [0.29, 0.717) is 37.9 Å². The van der Waals surface area contributed by atoms with E-state index in [1.165, 1.54) is 0 Å². The van der Waals surface area contributed by atoms with Gasteiger partial charge < -0.3 is 24.4 Å². The molecule has 0 spiro atoms. The highest BCUT2D eigenvalue weighted by Gasteiger charge is 2.30. The van der Waals surface area contributed by atoms with E-state index in [4.69, 9.17) is 24.2 Å². The Morgan fingerprint density at radius 2 is 0.506 bits per heavy atom. The topological polar surface area (TPSA) is 107 Å². The van der Waals surface area contributed by atoms with Gasteiger partial charge in [-0.05, 0) is 147 Å². The Bertz CT molecular complexity index is 3330. The smallest absolute Gasteiger partial charge is 0.130 e. The number of ether oxygens (including phenoxy) is 3. The number of hydrogen-bond acceptors (Lipinski definition) is 8. The summed E-state index contributed by atoms with van der Waals surface area (Å²) in [7, 11) is 0. The van der Waals surface area contributed by atoms with Gasteiger partial charge in [-0.25, -0.2) is 0 Å². The van der Waals surface area contributed by atoms with Crippen molar-refractivity contribution in [2.75, 3.05) is 0 Å². The van der Waals surface area contributed by atoms with Gasteiger partial charge in [0, 0.05) is 50.7 Å². The SMILES string of the molecule is CC(C)(C)c1cc2c(O)c(c1)Cc1cc(C(C)(C)C)cc(c1OCc1ccccn1)Cc1cc(C(C)(C)C)cc(c1OCc1ccccn1)Cc1cc(C(C)(C)C)cc(c1O)Cc1cc(C(C)(C)C)cc(c1OCc1ccccn1)C2. The quantitative estimate of drug-likeness (QED) is 0.147. The van der Waals surface area contributed by atoms with Gasteiger partial charge >= 0.3 is 0 Å². The molecule has 9 rings (SSSR count). The van der Waals surface area contributed by atoms with Crippen LogP contribution in [0.5, 0.6) is 28.7 Å². The molecule has 5 aromatic carbocycles. The van der Waals surface area contributed by atoms with Gasteiger partial charge in [0.1, 0.15) is 48.6 Å². The van der Waals surface area contributed by atoms with Gasteiger partial charge in [0.2, 0.25) is 0 Å². The van der Waals surface area contributed by atoms with Crippen molar-refractivity contribution < 1.29 is 24.4 Å². The normalized spacial score (nSPS) is 13.4. The molecule has 1 aliphatic rings. The summed E-state index contributed by atoms with van der Waals surface area (Å²) in [6.07, 6.45) is 7.43. The summed E-state index contributed by atoms with van der Waals surface area (Å²) < 4.78 is 21.4. The zero-order chi connectivity index (χ0) is 58.2. The number of benzene rings is 5. The molecule has 0 amide bonds. The van der Waals surface area contributed by atoms with Crippen LogP contribution >= 0.6 is 0 Å². The van der Waals surface area contributed by atoms with Crippen molar-refractivity contribution in [2.45, 2.75) is 183 Å². The Morgan fingerprint density at radius 3 is 0.691 bits per heavy atom. The average molecular weight is 1080 g/mol. The first kappa shape index (κ1) is 58.2. The van der Waals surface area contributed by atoms with Crippen molar-refractivity contribution in [1.82, 2.24) is 15.0 Å². The molecule has 0 radical (unpaired) electrons. The number of rotatable bonds is 9. The third kappa shape index (κ3) is 13.8. The number of phenolic OH excluding ortho intramolecular Hbond substituents is 2. The molecular weight excluding hydrogens is 999 g/mol. The van der Waals surface area contributed by atoms with Crippen LogP contribution in [0.2, 0.25) is 0 Å². The van der Waals surface area contributed by atoms with Crippen LogP contribution in [0.4, 0.5) is 0 Å². The van der Waals surface area contributed by atoms with E-state index in [2.05, 4.69) is 170 Å². The van der Waals surface area contributed by atoms with Gasteiger partial charge in [0.15, 0.2) is 0 Å². The molecule has 10 bridgehead atoms. The molecule has 0 atom stereocenters. The molecule has 0 aliphatic heterocycles. The molecule has 81 heavy (non-hydrogen) atoms. The Labute approximate surface area is 483 Å². The van der Waals surface area contributed by atoms with E-state index in [1.807, 2.05) is 54.6 Å². The summed E-state index contributed by atoms with van der Waals surface area (Å²) in [5.41, 5.74) is 15.7. The summed E-state index contributed by atoms with van der Waals surface area (Å²) in [6, 6.07) is 40.2. The zero-order valence-electron chi connectivity index (χ0n) is 50.8. The third-order valence-corrected chi connectivity index (χ3v) is 15.8. The maximum absolute atomic E-state index is 13.1. The molecule has 422 valence electrons. The molecular formula is C73H85N3O5. The van der Waals surface area contributed by atoms with Crippen molar-refractivity contribution in [3.63, 3.8) is 0 Å². The number of fused-ring (bicyclic) bond motifs is 10. The first-order chi connectivity index (χ1) is 38.1. The molecule has 0 saturated heterocycles. The first-order valence-corrected chi connectivity index (χ1v) is 28.9. The predicted molar refractivity (Wildman–Crippen MR) is 329 cm³/mol. The Hall–Kier alpha value is -7.45. The van der Waals surface area contributed by atoms with Crippen LogP contribution in [0, 0.1) is 0 Å². The number of aromatic nitrogens is 3. The molecule has 0 saturated carbocycles. The minimum atomic E-state index is -0.271. The van der Waals surface area contributed by atoms with Crippen LogP contribution < -0.4 is 14.2 Å². The van der Waals surface area contributed by atoms with E-state index >= 15 is 0 Å². The second kappa shape index (κ2) is 22.8. The van der Waals surface area contributed by atoms with Gasteiger partial charge in [0.25, 0.3) is 0 Å². The molecule has 0 fully saturated rings. The summed E-state index contributed by atoms with van der Waals surface area (Å²) >= 11 is 0. The molecule has 8 nitrogen and oxygen atoms in total.